The summed E-state index contributed by atoms with van der Waals surface area (Å²) in [5.74, 6) is 0.125. The second kappa shape index (κ2) is 4.05. The van der Waals surface area contributed by atoms with Crippen molar-refractivity contribution in [3.63, 3.8) is 0 Å². The second-order valence-electron chi connectivity index (χ2n) is 5.81. The average molecular weight is 270 g/mol. The van der Waals surface area contributed by atoms with Crippen molar-refractivity contribution in [3.05, 3.63) is 0 Å². The normalized spacial score (nSPS) is 33.3. The quantitative estimate of drug-likeness (QED) is 0.815. The predicted molar refractivity (Wildman–Crippen MR) is 68.4 cm³/mol. The number of aliphatic carboxylic acids is 1. The monoisotopic (exact) mass is 270 g/mol. The van der Waals surface area contributed by atoms with Gasteiger partial charge in [-0.15, -0.1) is 11.8 Å². The lowest BCUT2D eigenvalue weighted by Crippen LogP contribution is -2.53. The van der Waals surface area contributed by atoms with Gasteiger partial charge in [0.25, 0.3) is 0 Å². The van der Waals surface area contributed by atoms with Crippen molar-refractivity contribution in [1.82, 2.24) is 10.2 Å². The molecule has 2 saturated carbocycles. The molecule has 0 radical (unpaired) electrons. The van der Waals surface area contributed by atoms with Crippen molar-refractivity contribution in [1.29, 1.82) is 0 Å². The van der Waals surface area contributed by atoms with E-state index in [0.717, 1.165) is 25.7 Å². The van der Waals surface area contributed by atoms with Crippen LogP contribution >= 0.6 is 11.8 Å². The third-order valence-corrected chi connectivity index (χ3v) is 5.45. The van der Waals surface area contributed by atoms with Crippen molar-refractivity contribution < 1.29 is 14.7 Å². The second-order valence-corrected chi connectivity index (χ2v) is 6.96. The Morgan fingerprint density at radius 2 is 2.06 bits per heavy atom. The molecule has 5 nitrogen and oxygen atoms in total. The molecule has 3 fully saturated rings. The number of carboxylic acid groups (broad SMARTS) is 1. The number of hydrogen-bond acceptors (Lipinski definition) is 3. The van der Waals surface area contributed by atoms with Gasteiger partial charge in [0.2, 0.25) is 0 Å². The first-order valence-corrected chi connectivity index (χ1v) is 7.50. The van der Waals surface area contributed by atoms with Gasteiger partial charge in [0.1, 0.15) is 6.04 Å². The molecule has 100 valence electrons. The summed E-state index contributed by atoms with van der Waals surface area (Å²) in [6.07, 6.45) is 4.22. The summed E-state index contributed by atoms with van der Waals surface area (Å²) in [6.45, 7) is 2.01. The summed E-state index contributed by atoms with van der Waals surface area (Å²) < 4.78 is 0. The molecule has 0 aromatic carbocycles. The Bertz CT molecular complexity index is 393. The molecule has 6 heteroatoms. The van der Waals surface area contributed by atoms with E-state index in [1.807, 2.05) is 6.92 Å². The highest BCUT2D eigenvalue weighted by Gasteiger charge is 2.50. The van der Waals surface area contributed by atoms with Gasteiger partial charge in [-0.3, -0.25) is 4.90 Å². The number of carbonyl (C=O) groups excluding carboxylic acids is 1. The van der Waals surface area contributed by atoms with Gasteiger partial charge in [-0.25, -0.2) is 9.59 Å². The van der Waals surface area contributed by atoms with Crippen molar-refractivity contribution in [2.45, 2.75) is 49.6 Å². The topological polar surface area (TPSA) is 69.6 Å². The summed E-state index contributed by atoms with van der Waals surface area (Å²) >= 11 is 1.62. The van der Waals surface area contributed by atoms with E-state index in [4.69, 9.17) is 0 Å². The number of thioether (sulfide) groups is 1. The Labute approximate surface area is 110 Å². The molecule has 2 N–H and O–H groups in total. The lowest BCUT2D eigenvalue weighted by molar-refractivity contribution is -0.141. The molecule has 0 spiro atoms. The van der Waals surface area contributed by atoms with Gasteiger partial charge in [-0.1, -0.05) is 0 Å². The molecule has 2 unspecified atom stereocenters. The molecule has 0 aromatic rings. The minimum atomic E-state index is -0.887. The number of amides is 2. The zero-order valence-electron chi connectivity index (χ0n) is 10.4. The molecule has 1 saturated heterocycles. The van der Waals surface area contributed by atoms with Crippen molar-refractivity contribution in [2.75, 3.05) is 5.75 Å². The lowest BCUT2D eigenvalue weighted by Gasteiger charge is -2.29. The van der Waals surface area contributed by atoms with Gasteiger partial charge in [0.15, 0.2) is 0 Å². The summed E-state index contributed by atoms with van der Waals surface area (Å²) in [4.78, 5) is 25.1. The van der Waals surface area contributed by atoms with Crippen LogP contribution in [0.1, 0.15) is 32.6 Å². The van der Waals surface area contributed by atoms with Crippen molar-refractivity contribution in [3.8, 4) is 0 Å². The Morgan fingerprint density at radius 3 is 2.56 bits per heavy atom. The molecule has 2 aliphatic carbocycles. The van der Waals surface area contributed by atoms with Crippen molar-refractivity contribution in [2.24, 2.45) is 5.92 Å². The Hall–Kier alpha value is -0.910. The molecule has 3 aliphatic rings. The zero-order valence-corrected chi connectivity index (χ0v) is 11.2. The summed E-state index contributed by atoms with van der Waals surface area (Å²) in [7, 11) is 0. The van der Waals surface area contributed by atoms with Crippen LogP contribution in [0.4, 0.5) is 4.79 Å². The Kier molecular flexibility index (Phi) is 2.73. The minimum absolute atomic E-state index is 0.0634. The van der Waals surface area contributed by atoms with Crippen LogP contribution in [0.5, 0.6) is 0 Å². The van der Waals surface area contributed by atoms with E-state index >= 15 is 0 Å². The van der Waals surface area contributed by atoms with E-state index in [1.54, 1.807) is 16.7 Å². The Morgan fingerprint density at radius 1 is 1.39 bits per heavy atom. The highest BCUT2D eigenvalue weighted by Crippen LogP contribution is 2.46. The molecule has 1 heterocycles. The fourth-order valence-corrected chi connectivity index (χ4v) is 3.99. The molecule has 0 bridgehead atoms. The summed E-state index contributed by atoms with van der Waals surface area (Å²) in [5.41, 5.74) is -0.0957. The van der Waals surface area contributed by atoms with Crippen LogP contribution in [0.3, 0.4) is 0 Å². The molecular weight excluding hydrogens is 252 g/mol. The number of hydrogen-bond donors (Lipinski definition) is 2. The molecule has 2 amide bonds. The smallest absolute Gasteiger partial charge is 0.327 e. The van der Waals surface area contributed by atoms with Gasteiger partial charge in [-0.05, 0) is 38.5 Å². The number of nitrogens with zero attached hydrogens (tertiary/aromatic N) is 1. The van der Waals surface area contributed by atoms with Crippen LogP contribution in [0.15, 0.2) is 0 Å². The van der Waals surface area contributed by atoms with Gasteiger partial charge in [0.05, 0.1) is 5.37 Å². The fraction of sp³-hybridized carbons (Fsp3) is 0.833. The Balaban J connectivity index is 1.74. The first kappa shape index (κ1) is 12.1. The third-order valence-electron chi connectivity index (χ3n) is 3.99. The van der Waals surface area contributed by atoms with Crippen molar-refractivity contribution >= 4 is 23.8 Å². The number of carboxylic acids is 1. The van der Waals surface area contributed by atoms with Gasteiger partial charge < -0.3 is 10.4 Å². The highest BCUT2D eigenvalue weighted by atomic mass is 32.2. The fourth-order valence-electron chi connectivity index (χ4n) is 2.35. The van der Waals surface area contributed by atoms with E-state index < -0.39 is 12.0 Å². The number of urea groups is 1. The van der Waals surface area contributed by atoms with Crippen LogP contribution in [-0.2, 0) is 4.79 Å². The summed E-state index contributed by atoms with van der Waals surface area (Å²) in [6, 6.07) is -0.854. The standard InChI is InChI=1S/C12H18N2O3S/c1-12(4-5-12)13-11(17)14-8(10(15)16)6-18-9(14)7-2-3-7/h7-9H,2-6H2,1H3,(H,13,17)(H,15,16). The first-order valence-electron chi connectivity index (χ1n) is 6.45. The molecule has 2 atom stereocenters. The first-order chi connectivity index (χ1) is 8.50. The number of carbonyl (C=O) groups is 2. The third kappa shape index (κ3) is 2.18. The van der Waals surface area contributed by atoms with E-state index in [2.05, 4.69) is 5.32 Å². The van der Waals surface area contributed by atoms with Crippen LogP contribution in [0.2, 0.25) is 0 Å². The van der Waals surface area contributed by atoms with E-state index in [9.17, 15) is 14.7 Å². The van der Waals surface area contributed by atoms with Crippen LogP contribution in [0, 0.1) is 5.92 Å². The van der Waals surface area contributed by atoms with Crippen LogP contribution < -0.4 is 5.32 Å². The molecule has 1 aliphatic heterocycles. The molecular formula is C12H18N2O3S. The summed E-state index contributed by atoms with van der Waals surface area (Å²) in [5, 5.41) is 12.3. The van der Waals surface area contributed by atoms with Gasteiger partial charge in [-0.2, -0.15) is 0 Å². The minimum Gasteiger partial charge on any atom is -0.480 e. The van der Waals surface area contributed by atoms with Gasteiger partial charge >= 0.3 is 12.0 Å². The maximum atomic E-state index is 12.3. The SMILES string of the molecule is CC1(NC(=O)N2C(C(=O)O)CSC2C2CC2)CC1. The highest BCUT2D eigenvalue weighted by molar-refractivity contribution is 8.00. The average Bonchev–Trinajstić information content (AvgIpc) is 3.20. The zero-order chi connectivity index (χ0) is 12.9. The maximum absolute atomic E-state index is 12.3. The maximum Gasteiger partial charge on any atom is 0.327 e. The molecule has 18 heavy (non-hydrogen) atoms. The van der Waals surface area contributed by atoms with E-state index in [1.165, 1.54) is 0 Å². The van der Waals surface area contributed by atoms with E-state index in [0.29, 0.717) is 11.7 Å². The number of rotatable bonds is 3. The predicted octanol–water partition coefficient (Wildman–Crippen LogP) is 1.49. The number of nitrogens with one attached hydrogen (secondary N) is 1. The van der Waals surface area contributed by atoms with E-state index in [-0.39, 0.29) is 16.9 Å². The molecule has 0 aromatic heterocycles. The lowest BCUT2D eigenvalue weighted by atomic mass is 10.2. The molecule has 3 rings (SSSR count). The largest absolute Gasteiger partial charge is 0.480 e. The van der Waals surface area contributed by atoms with Crippen LogP contribution in [0.25, 0.3) is 0 Å². The van der Waals surface area contributed by atoms with Gasteiger partial charge in [0, 0.05) is 11.3 Å². The van der Waals surface area contributed by atoms with Crippen LogP contribution in [-0.4, -0.2) is 44.7 Å².